The first-order chi connectivity index (χ1) is 23.7. The number of benzene rings is 2. The lowest BCUT2D eigenvalue weighted by atomic mass is 9.96. The van der Waals surface area contributed by atoms with E-state index >= 15 is 0 Å². The largest absolute Gasteiger partial charge is 0.395 e. The maximum atomic E-state index is 13.4. The van der Waals surface area contributed by atoms with E-state index in [0.29, 0.717) is 44.1 Å². The van der Waals surface area contributed by atoms with Gasteiger partial charge in [0, 0.05) is 62.5 Å². The molecule has 2 N–H and O–H groups in total. The number of nitrogens with zero attached hydrogens (tertiary/aromatic N) is 4. The molecule has 10 nitrogen and oxygen atoms in total. The average molecular weight is 684 g/mol. The van der Waals surface area contributed by atoms with Crippen LogP contribution in [-0.4, -0.2) is 82.7 Å². The molecular formula is C38H45N5O5S. The smallest absolute Gasteiger partial charge is 0.293 e. The Bertz CT molecular complexity index is 1840. The van der Waals surface area contributed by atoms with E-state index < -0.39 is 6.04 Å². The van der Waals surface area contributed by atoms with Crippen LogP contribution in [0.3, 0.4) is 0 Å². The highest BCUT2D eigenvalue weighted by molar-refractivity contribution is 7.14. The first kappa shape index (κ1) is 34.7. The second-order valence-corrected chi connectivity index (χ2v) is 14.1. The van der Waals surface area contributed by atoms with Crippen molar-refractivity contribution in [3.05, 3.63) is 97.1 Å². The number of aromatic nitrogens is 2. The fourth-order valence-electron chi connectivity index (χ4n) is 6.73. The van der Waals surface area contributed by atoms with Crippen molar-refractivity contribution in [1.82, 2.24) is 19.4 Å². The zero-order chi connectivity index (χ0) is 34.5. The lowest BCUT2D eigenvalue weighted by molar-refractivity contribution is -0.138. The second-order valence-electron chi connectivity index (χ2n) is 13.0. The van der Waals surface area contributed by atoms with E-state index in [-0.39, 0.29) is 36.2 Å². The SMILES string of the molecule is Cc1c(CC(=O)c2cc3c(s2)CCCCC3)cccc1-c1cn(C)c(=O)c(Nc2ccc(C(C(=O)N(C)CCO)N3CCOCC3)cc2)n1. The van der Waals surface area contributed by atoms with Crippen molar-refractivity contribution in [2.24, 2.45) is 7.05 Å². The number of Topliss-reactive ketones (excluding diaryl/α,β-unsaturated/α-hetero) is 1. The van der Waals surface area contributed by atoms with Crippen molar-refractivity contribution in [2.75, 3.05) is 51.8 Å². The molecule has 3 heterocycles. The van der Waals surface area contributed by atoms with Crippen LogP contribution in [0.2, 0.25) is 0 Å². The first-order valence-electron chi connectivity index (χ1n) is 17.1. The number of carbonyl (C=O) groups excluding carboxylic acids is 2. The van der Waals surface area contributed by atoms with Gasteiger partial charge >= 0.3 is 0 Å². The van der Waals surface area contributed by atoms with Gasteiger partial charge < -0.3 is 24.6 Å². The summed E-state index contributed by atoms with van der Waals surface area (Å²) in [7, 11) is 3.40. The number of likely N-dealkylation sites (N-methyl/N-ethyl adjacent to an activating group) is 1. The summed E-state index contributed by atoms with van der Waals surface area (Å²) < 4.78 is 7.03. The Balaban J connectivity index is 1.22. The number of thiophene rings is 1. The van der Waals surface area contributed by atoms with Crippen molar-refractivity contribution in [1.29, 1.82) is 0 Å². The van der Waals surface area contributed by atoms with E-state index in [1.54, 1.807) is 36.5 Å². The molecule has 2 aromatic heterocycles. The Hall–Kier alpha value is -4.16. The number of ether oxygens (including phenoxy) is 1. The quantitative estimate of drug-likeness (QED) is 0.166. The topological polar surface area (TPSA) is 117 Å². The molecule has 6 rings (SSSR count). The molecule has 0 spiro atoms. The van der Waals surface area contributed by atoms with Crippen molar-refractivity contribution in [3.8, 4) is 11.3 Å². The Morgan fingerprint density at radius 2 is 1.84 bits per heavy atom. The molecule has 0 radical (unpaired) electrons. The summed E-state index contributed by atoms with van der Waals surface area (Å²) in [5.74, 6) is 0.219. The van der Waals surface area contributed by atoms with E-state index in [4.69, 9.17) is 9.72 Å². The van der Waals surface area contributed by atoms with E-state index in [1.165, 1.54) is 34.3 Å². The molecule has 11 heteroatoms. The molecule has 2 aromatic carbocycles. The Labute approximate surface area is 291 Å². The number of anilines is 2. The fourth-order valence-corrected chi connectivity index (χ4v) is 7.93. The molecule has 0 saturated carbocycles. The minimum Gasteiger partial charge on any atom is -0.395 e. The summed E-state index contributed by atoms with van der Waals surface area (Å²) in [5, 5.41) is 12.6. The molecule has 1 amide bonds. The molecule has 2 aliphatic rings. The number of nitrogens with one attached hydrogen (secondary N) is 1. The summed E-state index contributed by atoms with van der Waals surface area (Å²) in [5.41, 5.74) is 5.93. The maximum absolute atomic E-state index is 13.4. The van der Waals surface area contributed by atoms with Crippen LogP contribution in [0.1, 0.15) is 62.1 Å². The van der Waals surface area contributed by atoms with Crippen LogP contribution >= 0.6 is 11.3 Å². The summed E-state index contributed by atoms with van der Waals surface area (Å²) in [6, 6.07) is 15.0. The van der Waals surface area contributed by atoms with Gasteiger partial charge in [-0.2, -0.15) is 0 Å². The van der Waals surface area contributed by atoms with Gasteiger partial charge in [-0.25, -0.2) is 4.98 Å². The second kappa shape index (κ2) is 15.6. The van der Waals surface area contributed by atoms with E-state index in [2.05, 4.69) is 16.3 Å². The minimum atomic E-state index is -0.513. The van der Waals surface area contributed by atoms with E-state index in [1.807, 2.05) is 49.4 Å². The average Bonchev–Trinajstić information content (AvgIpc) is 3.39. The van der Waals surface area contributed by atoms with Crippen LogP contribution in [0.5, 0.6) is 0 Å². The number of rotatable bonds is 11. The van der Waals surface area contributed by atoms with Crippen molar-refractivity contribution in [3.63, 3.8) is 0 Å². The van der Waals surface area contributed by atoms with Gasteiger partial charge in [0.05, 0.1) is 30.4 Å². The van der Waals surface area contributed by atoms with Crippen LogP contribution in [-0.2, 0) is 35.8 Å². The van der Waals surface area contributed by atoms with Gasteiger partial charge in [-0.15, -0.1) is 11.3 Å². The molecule has 1 fully saturated rings. The highest BCUT2D eigenvalue weighted by atomic mass is 32.1. The molecule has 1 atom stereocenters. The zero-order valence-corrected chi connectivity index (χ0v) is 29.4. The van der Waals surface area contributed by atoms with Crippen LogP contribution < -0.4 is 10.9 Å². The third-order valence-electron chi connectivity index (χ3n) is 9.61. The molecule has 1 saturated heterocycles. The summed E-state index contributed by atoms with van der Waals surface area (Å²) >= 11 is 1.66. The van der Waals surface area contributed by atoms with Crippen molar-refractivity contribution >= 4 is 34.5 Å². The molecule has 0 bridgehead atoms. The summed E-state index contributed by atoms with van der Waals surface area (Å²) in [6.45, 7) is 4.49. The van der Waals surface area contributed by atoms with Crippen LogP contribution in [0.25, 0.3) is 11.3 Å². The summed E-state index contributed by atoms with van der Waals surface area (Å²) in [6.07, 6.45) is 7.80. The number of hydrogen-bond acceptors (Lipinski definition) is 9. The number of morpholine rings is 1. The molecular weight excluding hydrogens is 639 g/mol. The molecule has 49 heavy (non-hydrogen) atoms. The number of aliphatic hydroxyl groups excluding tert-OH is 1. The van der Waals surface area contributed by atoms with Crippen molar-refractivity contribution < 1.29 is 19.4 Å². The first-order valence-corrected chi connectivity index (χ1v) is 17.9. The lowest BCUT2D eigenvalue weighted by Crippen LogP contribution is -2.46. The number of amides is 1. The molecule has 1 unspecified atom stereocenters. The normalized spacial score (nSPS) is 15.7. The number of ketones is 1. The van der Waals surface area contributed by atoms with Crippen LogP contribution in [0.15, 0.2) is 59.5 Å². The van der Waals surface area contributed by atoms with Gasteiger partial charge in [0.2, 0.25) is 5.91 Å². The Morgan fingerprint density at radius 1 is 1.08 bits per heavy atom. The van der Waals surface area contributed by atoms with Gasteiger partial charge in [-0.3, -0.25) is 19.3 Å². The number of carbonyl (C=O) groups is 2. The molecule has 258 valence electrons. The monoisotopic (exact) mass is 683 g/mol. The third kappa shape index (κ3) is 7.86. The molecule has 4 aromatic rings. The minimum absolute atomic E-state index is 0.0934. The van der Waals surface area contributed by atoms with E-state index in [0.717, 1.165) is 40.0 Å². The van der Waals surface area contributed by atoms with Gasteiger partial charge in [-0.05, 0) is 73.1 Å². The number of aliphatic hydroxyl groups is 1. The third-order valence-corrected chi connectivity index (χ3v) is 10.9. The summed E-state index contributed by atoms with van der Waals surface area (Å²) in [4.78, 5) is 50.7. The predicted molar refractivity (Wildman–Crippen MR) is 193 cm³/mol. The van der Waals surface area contributed by atoms with Gasteiger partial charge in [-0.1, -0.05) is 36.8 Å². The fraction of sp³-hybridized carbons (Fsp3) is 0.421. The van der Waals surface area contributed by atoms with Crippen LogP contribution in [0.4, 0.5) is 11.5 Å². The van der Waals surface area contributed by atoms with Gasteiger partial charge in [0.25, 0.3) is 5.56 Å². The van der Waals surface area contributed by atoms with Crippen LogP contribution in [0, 0.1) is 6.92 Å². The Kier molecular flexibility index (Phi) is 11.0. The molecule has 1 aliphatic carbocycles. The number of fused-ring (bicyclic) bond motifs is 1. The van der Waals surface area contributed by atoms with Crippen molar-refractivity contribution in [2.45, 2.75) is 51.5 Å². The molecule has 1 aliphatic heterocycles. The standard InChI is InChI=1S/C38H45N5O5S/c1-25-27(22-32(45)34-23-28-8-5-4-6-11-33(28)49-34)9-7-10-30(25)31-24-42(3)38(47)36(40-31)39-29-14-12-26(13-15-29)35(37(46)41(2)16-19-44)43-17-20-48-21-18-43/h7,9-10,12-15,23-24,35,44H,4-6,8,11,16-22H2,1-3H3,(H,39,40). The Morgan fingerprint density at radius 3 is 2.59 bits per heavy atom. The lowest BCUT2D eigenvalue weighted by Gasteiger charge is -2.35. The maximum Gasteiger partial charge on any atom is 0.293 e. The highest BCUT2D eigenvalue weighted by Gasteiger charge is 2.31. The van der Waals surface area contributed by atoms with Gasteiger partial charge in [0.15, 0.2) is 11.6 Å². The number of hydrogen-bond donors (Lipinski definition) is 2. The van der Waals surface area contributed by atoms with E-state index in [9.17, 15) is 19.5 Å². The predicted octanol–water partition coefficient (Wildman–Crippen LogP) is 5.08. The zero-order valence-electron chi connectivity index (χ0n) is 28.5. The number of aryl methyl sites for hydroxylation is 3. The highest BCUT2D eigenvalue weighted by Crippen LogP contribution is 2.32. The van der Waals surface area contributed by atoms with Gasteiger partial charge in [0.1, 0.15) is 6.04 Å².